The molecule has 0 saturated heterocycles. The molecule has 0 amide bonds. The number of carbonyl (C=O) groups is 1. The Kier molecular flexibility index (Phi) is 2.73. The minimum atomic E-state index is -0.789. The Morgan fingerprint density at radius 3 is 3.07 bits per heavy atom. The van der Waals surface area contributed by atoms with Gasteiger partial charge in [-0.2, -0.15) is 0 Å². The number of pyridine rings is 1. The number of carboxylic acids is 1. The summed E-state index contributed by atoms with van der Waals surface area (Å²) in [4.78, 5) is 14.7. The molecule has 2 rings (SSSR count). The summed E-state index contributed by atoms with van der Waals surface area (Å²) in [6.45, 7) is 0. The van der Waals surface area contributed by atoms with Crippen LogP contribution in [-0.2, 0) is 11.2 Å². The summed E-state index contributed by atoms with van der Waals surface area (Å²) in [7, 11) is 0. The van der Waals surface area contributed by atoms with E-state index in [1.165, 1.54) is 0 Å². The van der Waals surface area contributed by atoms with Gasteiger partial charge in [-0.1, -0.05) is 6.07 Å². The maximum atomic E-state index is 10.5. The summed E-state index contributed by atoms with van der Waals surface area (Å²) >= 11 is 3.38. The molecule has 0 atom stereocenters. The first-order chi connectivity index (χ1) is 7.18. The number of hydrogen-bond acceptors (Lipinski definition) is 2. The minimum absolute atomic E-state index is 0.129. The molecule has 0 aliphatic heterocycles. The number of halogens is 1. The van der Waals surface area contributed by atoms with Crippen molar-refractivity contribution in [3.63, 3.8) is 0 Å². The first kappa shape index (κ1) is 10.2. The van der Waals surface area contributed by atoms with Gasteiger partial charge in [0.25, 0.3) is 0 Å². The number of hydrogen-bond donors (Lipinski definition) is 1. The summed E-state index contributed by atoms with van der Waals surface area (Å²) < 4.78 is 2.75. The van der Waals surface area contributed by atoms with Crippen molar-refractivity contribution in [3.05, 3.63) is 34.7 Å². The molecule has 0 fully saturated rings. The third-order valence-electron chi connectivity index (χ3n) is 2.16. The fourth-order valence-electron chi connectivity index (χ4n) is 1.50. The number of aliphatic carboxylic acids is 1. The van der Waals surface area contributed by atoms with Crippen LogP contribution in [0.2, 0.25) is 0 Å². The molecule has 2 heterocycles. The summed E-state index contributed by atoms with van der Waals surface area (Å²) in [6, 6.07) is 5.67. The van der Waals surface area contributed by atoms with Gasteiger partial charge in [-0.25, -0.2) is 4.98 Å². The van der Waals surface area contributed by atoms with E-state index in [2.05, 4.69) is 20.9 Å². The van der Waals surface area contributed by atoms with Crippen LogP contribution in [0.4, 0.5) is 0 Å². The molecule has 0 aliphatic carbocycles. The van der Waals surface area contributed by atoms with E-state index in [0.717, 1.165) is 15.9 Å². The second-order valence-corrected chi connectivity index (χ2v) is 4.00. The second kappa shape index (κ2) is 4.02. The topological polar surface area (TPSA) is 54.6 Å². The molecule has 0 aliphatic rings. The predicted molar refractivity (Wildman–Crippen MR) is 58.8 cm³/mol. The van der Waals surface area contributed by atoms with Crippen molar-refractivity contribution >= 4 is 27.5 Å². The lowest BCUT2D eigenvalue weighted by atomic mass is 10.2. The van der Waals surface area contributed by atoms with Gasteiger partial charge in [-0.15, -0.1) is 0 Å². The Hall–Kier alpha value is -1.36. The Labute approximate surface area is 94.7 Å². The zero-order valence-electron chi connectivity index (χ0n) is 7.85. The van der Waals surface area contributed by atoms with Gasteiger partial charge >= 0.3 is 5.97 Å². The maximum Gasteiger partial charge on any atom is 0.303 e. The summed E-state index contributed by atoms with van der Waals surface area (Å²) in [5, 5.41) is 8.63. The first-order valence-corrected chi connectivity index (χ1v) is 5.30. The van der Waals surface area contributed by atoms with Crippen LogP contribution in [0.25, 0.3) is 5.65 Å². The third-order valence-corrected chi connectivity index (χ3v) is 2.72. The average Bonchev–Trinajstić information content (AvgIpc) is 2.58. The van der Waals surface area contributed by atoms with Crippen LogP contribution in [-0.4, -0.2) is 20.5 Å². The van der Waals surface area contributed by atoms with E-state index in [0.29, 0.717) is 6.42 Å². The highest BCUT2D eigenvalue weighted by atomic mass is 79.9. The molecule has 0 unspecified atom stereocenters. The summed E-state index contributed by atoms with van der Waals surface area (Å²) in [5.41, 5.74) is 1.77. The number of fused-ring (bicyclic) bond motifs is 1. The highest BCUT2D eigenvalue weighted by molar-refractivity contribution is 9.10. The summed E-state index contributed by atoms with van der Waals surface area (Å²) in [6.07, 6.45) is 2.34. The fraction of sp³-hybridized carbons (Fsp3) is 0.200. The minimum Gasteiger partial charge on any atom is -0.481 e. The van der Waals surface area contributed by atoms with Gasteiger partial charge < -0.3 is 5.11 Å². The van der Waals surface area contributed by atoms with E-state index >= 15 is 0 Å². The molecule has 0 saturated carbocycles. The predicted octanol–water partition coefficient (Wildman–Crippen LogP) is 2.11. The van der Waals surface area contributed by atoms with Crippen molar-refractivity contribution in [2.45, 2.75) is 12.8 Å². The molecular weight excluding hydrogens is 260 g/mol. The maximum absolute atomic E-state index is 10.5. The Morgan fingerprint density at radius 1 is 1.53 bits per heavy atom. The molecule has 2 aromatic heterocycles. The molecule has 0 bridgehead atoms. The van der Waals surface area contributed by atoms with E-state index in [1.54, 1.807) is 6.20 Å². The molecule has 0 aromatic carbocycles. The van der Waals surface area contributed by atoms with E-state index in [9.17, 15) is 4.79 Å². The van der Waals surface area contributed by atoms with Gasteiger partial charge in [0.2, 0.25) is 0 Å². The molecule has 2 aromatic rings. The van der Waals surface area contributed by atoms with Crippen LogP contribution in [0.5, 0.6) is 0 Å². The molecular formula is C10H9BrN2O2. The van der Waals surface area contributed by atoms with E-state index < -0.39 is 5.97 Å². The summed E-state index contributed by atoms with van der Waals surface area (Å²) in [5.74, 6) is -0.789. The third kappa shape index (κ3) is 2.02. The molecule has 15 heavy (non-hydrogen) atoms. The van der Waals surface area contributed by atoms with E-state index in [-0.39, 0.29) is 6.42 Å². The number of carboxylic acid groups (broad SMARTS) is 1. The highest BCUT2D eigenvalue weighted by Crippen LogP contribution is 2.16. The molecule has 5 heteroatoms. The standard InChI is InChI=1S/C10H9BrN2O2/c11-8-6-12-9-3-1-2-7(13(8)9)4-5-10(14)15/h1-3,6H,4-5H2,(H,14,15). The zero-order chi connectivity index (χ0) is 10.8. The van der Waals surface area contributed by atoms with Crippen LogP contribution in [0.1, 0.15) is 12.1 Å². The van der Waals surface area contributed by atoms with Crippen LogP contribution < -0.4 is 0 Å². The smallest absolute Gasteiger partial charge is 0.303 e. The van der Waals surface area contributed by atoms with Crippen molar-refractivity contribution in [2.24, 2.45) is 0 Å². The van der Waals surface area contributed by atoms with E-state index in [4.69, 9.17) is 5.11 Å². The van der Waals surface area contributed by atoms with Gasteiger partial charge in [0, 0.05) is 5.69 Å². The zero-order valence-corrected chi connectivity index (χ0v) is 9.44. The number of aryl methyl sites for hydroxylation is 1. The number of nitrogens with zero attached hydrogens (tertiary/aromatic N) is 2. The van der Waals surface area contributed by atoms with Crippen LogP contribution in [0, 0.1) is 0 Å². The van der Waals surface area contributed by atoms with Crippen molar-refractivity contribution in [1.29, 1.82) is 0 Å². The normalized spacial score (nSPS) is 10.7. The molecule has 1 N–H and O–H groups in total. The molecule has 0 radical (unpaired) electrons. The van der Waals surface area contributed by atoms with Crippen LogP contribution in [0.3, 0.4) is 0 Å². The number of aromatic nitrogens is 2. The van der Waals surface area contributed by atoms with Gasteiger partial charge in [0.15, 0.2) is 0 Å². The monoisotopic (exact) mass is 268 g/mol. The van der Waals surface area contributed by atoms with Crippen molar-refractivity contribution < 1.29 is 9.90 Å². The van der Waals surface area contributed by atoms with Crippen molar-refractivity contribution in [3.8, 4) is 0 Å². The number of imidazole rings is 1. The Morgan fingerprint density at radius 2 is 2.33 bits per heavy atom. The number of rotatable bonds is 3. The lowest BCUT2D eigenvalue weighted by molar-refractivity contribution is -0.136. The van der Waals surface area contributed by atoms with Gasteiger partial charge in [-0.3, -0.25) is 9.20 Å². The SMILES string of the molecule is O=C(O)CCc1cccc2ncc(Br)n12. The fourth-order valence-corrected chi connectivity index (χ4v) is 2.01. The van der Waals surface area contributed by atoms with Gasteiger partial charge in [0.1, 0.15) is 10.3 Å². The van der Waals surface area contributed by atoms with E-state index in [1.807, 2.05) is 22.6 Å². The van der Waals surface area contributed by atoms with Crippen molar-refractivity contribution in [1.82, 2.24) is 9.38 Å². The quantitative estimate of drug-likeness (QED) is 0.928. The second-order valence-electron chi connectivity index (χ2n) is 3.19. The lowest BCUT2D eigenvalue weighted by Gasteiger charge is -2.04. The molecule has 0 spiro atoms. The molecule has 78 valence electrons. The Balaban J connectivity index is 2.41. The highest BCUT2D eigenvalue weighted by Gasteiger charge is 2.06. The van der Waals surface area contributed by atoms with Gasteiger partial charge in [0.05, 0.1) is 12.6 Å². The average molecular weight is 269 g/mol. The van der Waals surface area contributed by atoms with Crippen LogP contribution in [0.15, 0.2) is 29.0 Å². The van der Waals surface area contributed by atoms with Gasteiger partial charge in [-0.05, 0) is 34.5 Å². The molecule has 4 nitrogen and oxygen atoms in total. The first-order valence-electron chi connectivity index (χ1n) is 4.51. The largest absolute Gasteiger partial charge is 0.481 e. The van der Waals surface area contributed by atoms with Crippen molar-refractivity contribution in [2.75, 3.05) is 0 Å². The van der Waals surface area contributed by atoms with Crippen LogP contribution >= 0.6 is 15.9 Å². The lowest BCUT2D eigenvalue weighted by Crippen LogP contribution is -2.02. The Bertz CT molecular complexity index is 507.